The van der Waals surface area contributed by atoms with Gasteiger partial charge in [0.15, 0.2) is 0 Å². The van der Waals surface area contributed by atoms with Crippen molar-refractivity contribution in [1.82, 2.24) is 10.3 Å². The standard InChI is InChI=1S/C15H21N3O/c1-9-6-16-7-11-4-10-5-12-13(8-19-15(12,2)3)17-14(10)18(9)11/h5,9,11,16H,4,6-8H2,1-3H3/t9-,11+/m0/s1. The lowest BCUT2D eigenvalue weighted by molar-refractivity contribution is -0.00843. The first-order valence-corrected chi connectivity index (χ1v) is 7.22. The molecule has 1 saturated heterocycles. The number of nitrogens with zero attached hydrogens (tertiary/aromatic N) is 2. The molecule has 0 aromatic carbocycles. The van der Waals surface area contributed by atoms with Crippen LogP contribution >= 0.6 is 0 Å². The molecule has 1 aromatic heterocycles. The SMILES string of the molecule is C[C@H]1CNC[C@H]2Cc3cc4c(nc3N21)COC4(C)C. The number of ether oxygens (including phenoxy) is 1. The molecule has 2 atom stereocenters. The first-order chi connectivity index (χ1) is 9.06. The van der Waals surface area contributed by atoms with Gasteiger partial charge >= 0.3 is 0 Å². The fraction of sp³-hybridized carbons (Fsp3) is 0.667. The second-order valence-corrected chi connectivity index (χ2v) is 6.54. The maximum atomic E-state index is 5.86. The highest BCUT2D eigenvalue weighted by Crippen LogP contribution is 2.41. The van der Waals surface area contributed by atoms with Crippen LogP contribution in [0.1, 0.15) is 37.6 Å². The largest absolute Gasteiger partial charge is 0.365 e. The highest BCUT2D eigenvalue weighted by Gasteiger charge is 2.40. The Bertz CT molecular complexity index is 540. The van der Waals surface area contributed by atoms with Crippen molar-refractivity contribution in [2.24, 2.45) is 0 Å². The van der Waals surface area contributed by atoms with E-state index in [-0.39, 0.29) is 5.60 Å². The van der Waals surface area contributed by atoms with Crippen LogP contribution in [-0.4, -0.2) is 30.2 Å². The van der Waals surface area contributed by atoms with Gasteiger partial charge in [0.25, 0.3) is 0 Å². The lowest BCUT2D eigenvalue weighted by Gasteiger charge is -2.37. The average Bonchev–Trinajstić information content (AvgIpc) is 2.86. The maximum absolute atomic E-state index is 5.86. The van der Waals surface area contributed by atoms with Gasteiger partial charge in [-0.15, -0.1) is 0 Å². The van der Waals surface area contributed by atoms with Crippen LogP contribution in [0.25, 0.3) is 0 Å². The molecular weight excluding hydrogens is 238 g/mol. The zero-order chi connectivity index (χ0) is 13.2. The van der Waals surface area contributed by atoms with E-state index >= 15 is 0 Å². The average molecular weight is 259 g/mol. The van der Waals surface area contributed by atoms with Gasteiger partial charge in [0.2, 0.25) is 0 Å². The molecule has 3 aliphatic heterocycles. The lowest BCUT2D eigenvalue weighted by atomic mass is 9.97. The monoisotopic (exact) mass is 259 g/mol. The van der Waals surface area contributed by atoms with Crippen LogP contribution in [0, 0.1) is 0 Å². The van der Waals surface area contributed by atoms with Crippen LogP contribution < -0.4 is 10.2 Å². The van der Waals surface area contributed by atoms with Crippen molar-refractivity contribution in [1.29, 1.82) is 0 Å². The molecule has 1 fully saturated rings. The van der Waals surface area contributed by atoms with Crippen molar-refractivity contribution < 1.29 is 4.74 Å². The predicted octanol–water partition coefficient (Wildman–Crippen LogP) is 1.57. The van der Waals surface area contributed by atoms with Crippen molar-refractivity contribution in [3.8, 4) is 0 Å². The van der Waals surface area contributed by atoms with Crippen LogP contribution in [0.2, 0.25) is 0 Å². The molecule has 4 rings (SSSR count). The van der Waals surface area contributed by atoms with Gasteiger partial charge in [-0.05, 0) is 38.8 Å². The van der Waals surface area contributed by atoms with Crippen LogP contribution in [0.5, 0.6) is 0 Å². The highest BCUT2D eigenvalue weighted by atomic mass is 16.5. The number of anilines is 1. The molecule has 0 amide bonds. The predicted molar refractivity (Wildman–Crippen MR) is 74.4 cm³/mol. The third-order valence-electron chi connectivity index (χ3n) is 4.76. The number of aromatic nitrogens is 1. The van der Waals surface area contributed by atoms with Gasteiger partial charge in [-0.2, -0.15) is 0 Å². The Kier molecular flexibility index (Phi) is 2.28. The molecule has 0 saturated carbocycles. The van der Waals surface area contributed by atoms with Crippen molar-refractivity contribution in [3.05, 3.63) is 22.9 Å². The molecule has 19 heavy (non-hydrogen) atoms. The molecule has 1 N–H and O–H groups in total. The molecule has 0 spiro atoms. The van der Waals surface area contributed by atoms with Crippen molar-refractivity contribution in [2.75, 3.05) is 18.0 Å². The molecule has 3 aliphatic rings. The van der Waals surface area contributed by atoms with Gasteiger partial charge < -0.3 is 15.0 Å². The number of rotatable bonds is 0. The molecule has 0 unspecified atom stereocenters. The number of piperazine rings is 1. The smallest absolute Gasteiger partial charge is 0.132 e. The Labute approximate surface area is 114 Å². The minimum atomic E-state index is -0.176. The molecule has 0 aliphatic carbocycles. The number of hydrogen-bond acceptors (Lipinski definition) is 4. The fourth-order valence-electron chi connectivity index (χ4n) is 3.74. The van der Waals surface area contributed by atoms with E-state index in [0.29, 0.717) is 18.7 Å². The summed E-state index contributed by atoms with van der Waals surface area (Å²) < 4.78 is 5.86. The summed E-state index contributed by atoms with van der Waals surface area (Å²) >= 11 is 0. The van der Waals surface area contributed by atoms with E-state index in [4.69, 9.17) is 9.72 Å². The maximum Gasteiger partial charge on any atom is 0.132 e. The summed E-state index contributed by atoms with van der Waals surface area (Å²) in [5.41, 5.74) is 3.64. The highest BCUT2D eigenvalue weighted by molar-refractivity contribution is 5.58. The van der Waals surface area contributed by atoms with E-state index in [1.54, 1.807) is 0 Å². The number of pyridine rings is 1. The zero-order valence-electron chi connectivity index (χ0n) is 11.9. The van der Waals surface area contributed by atoms with Gasteiger partial charge in [0.05, 0.1) is 17.9 Å². The minimum Gasteiger partial charge on any atom is -0.365 e. The van der Waals surface area contributed by atoms with E-state index in [2.05, 4.69) is 37.1 Å². The first-order valence-electron chi connectivity index (χ1n) is 7.22. The Hall–Kier alpha value is -1.13. The number of nitrogens with one attached hydrogen (secondary N) is 1. The summed E-state index contributed by atoms with van der Waals surface area (Å²) in [6.45, 7) is 9.34. The third-order valence-corrected chi connectivity index (χ3v) is 4.76. The van der Waals surface area contributed by atoms with Crippen molar-refractivity contribution in [2.45, 2.75) is 51.5 Å². The van der Waals surface area contributed by atoms with E-state index in [1.807, 2.05) is 0 Å². The summed E-state index contributed by atoms with van der Waals surface area (Å²) in [7, 11) is 0. The van der Waals surface area contributed by atoms with Crippen LogP contribution in [-0.2, 0) is 23.4 Å². The lowest BCUT2D eigenvalue weighted by Crippen LogP contribution is -2.55. The third kappa shape index (κ3) is 1.56. The zero-order valence-corrected chi connectivity index (χ0v) is 11.9. The molecule has 0 radical (unpaired) electrons. The summed E-state index contributed by atoms with van der Waals surface area (Å²) in [6.07, 6.45) is 1.11. The Morgan fingerprint density at radius 1 is 1.42 bits per heavy atom. The molecule has 4 nitrogen and oxygen atoms in total. The second-order valence-electron chi connectivity index (χ2n) is 6.54. The fourth-order valence-corrected chi connectivity index (χ4v) is 3.74. The molecule has 4 heteroatoms. The molecule has 0 bridgehead atoms. The van der Waals surface area contributed by atoms with Gasteiger partial charge in [0, 0.05) is 30.7 Å². The van der Waals surface area contributed by atoms with Gasteiger partial charge in [-0.25, -0.2) is 4.98 Å². The van der Waals surface area contributed by atoms with Gasteiger partial charge in [0.1, 0.15) is 5.82 Å². The second kappa shape index (κ2) is 3.70. The molecular formula is C15H21N3O. The van der Waals surface area contributed by atoms with E-state index in [0.717, 1.165) is 25.2 Å². The Balaban J connectivity index is 1.81. The normalized spacial score (nSPS) is 31.0. The summed E-state index contributed by atoms with van der Waals surface area (Å²) in [4.78, 5) is 7.45. The van der Waals surface area contributed by atoms with E-state index < -0.39 is 0 Å². The van der Waals surface area contributed by atoms with Crippen LogP contribution in [0.4, 0.5) is 5.82 Å². The number of fused-ring (bicyclic) bond motifs is 4. The van der Waals surface area contributed by atoms with Gasteiger partial charge in [-0.1, -0.05) is 0 Å². The van der Waals surface area contributed by atoms with E-state index in [1.165, 1.54) is 16.9 Å². The van der Waals surface area contributed by atoms with Crippen molar-refractivity contribution in [3.63, 3.8) is 0 Å². The molecule has 1 aromatic rings. The minimum absolute atomic E-state index is 0.176. The van der Waals surface area contributed by atoms with Crippen molar-refractivity contribution >= 4 is 5.82 Å². The van der Waals surface area contributed by atoms with Crippen LogP contribution in [0.15, 0.2) is 6.07 Å². The Morgan fingerprint density at radius 3 is 3.11 bits per heavy atom. The summed E-state index contributed by atoms with van der Waals surface area (Å²) in [6, 6.07) is 3.45. The molecule has 102 valence electrons. The van der Waals surface area contributed by atoms with Crippen LogP contribution in [0.3, 0.4) is 0 Å². The summed E-state index contributed by atoms with van der Waals surface area (Å²) in [5.74, 6) is 1.21. The van der Waals surface area contributed by atoms with Gasteiger partial charge in [-0.3, -0.25) is 0 Å². The Morgan fingerprint density at radius 2 is 2.26 bits per heavy atom. The van der Waals surface area contributed by atoms with E-state index in [9.17, 15) is 0 Å². The summed E-state index contributed by atoms with van der Waals surface area (Å²) in [5, 5.41) is 3.52. The number of hydrogen-bond donors (Lipinski definition) is 1. The topological polar surface area (TPSA) is 37.4 Å². The quantitative estimate of drug-likeness (QED) is 0.767. The first kappa shape index (κ1) is 11.7. The molecule has 4 heterocycles.